The summed E-state index contributed by atoms with van der Waals surface area (Å²) in [5, 5.41) is 37.8. The van der Waals surface area contributed by atoms with E-state index < -0.39 is 49.1 Å². The van der Waals surface area contributed by atoms with Gasteiger partial charge in [-0.05, 0) is 37.6 Å². The molecule has 0 radical (unpaired) electrons. The highest BCUT2D eigenvalue weighted by atomic mass is 16.4. The number of hydrogen-bond donors (Lipinski definition) is 7. The number of aromatic hydroxyl groups is 1. The van der Waals surface area contributed by atoms with Crippen molar-refractivity contribution in [2.45, 2.75) is 32.0 Å². The Kier molecular flexibility index (Phi) is 8.30. The van der Waals surface area contributed by atoms with Gasteiger partial charge in [-0.2, -0.15) is 0 Å². The number of benzene rings is 1. The summed E-state index contributed by atoms with van der Waals surface area (Å²) in [5.74, 6) is -2.86. The molecule has 12 nitrogen and oxygen atoms in total. The third-order valence-corrected chi connectivity index (χ3v) is 4.41. The second-order valence-electron chi connectivity index (χ2n) is 7.02. The predicted molar refractivity (Wildman–Crippen MR) is 113 cm³/mol. The van der Waals surface area contributed by atoms with Crippen LogP contribution in [0.5, 0.6) is 5.75 Å². The van der Waals surface area contributed by atoms with Crippen LogP contribution in [-0.4, -0.2) is 76.1 Å². The highest BCUT2D eigenvalue weighted by Crippen LogP contribution is 2.13. The number of nitrogens with zero attached hydrogens (tertiary/aromatic N) is 1. The molecule has 0 bridgehead atoms. The van der Waals surface area contributed by atoms with Crippen LogP contribution in [0.25, 0.3) is 6.08 Å². The van der Waals surface area contributed by atoms with E-state index >= 15 is 0 Å². The Balaban J connectivity index is 2.22. The maximum absolute atomic E-state index is 12.8. The summed E-state index contributed by atoms with van der Waals surface area (Å²) >= 11 is 0. The van der Waals surface area contributed by atoms with Crippen LogP contribution in [0.15, 0.2) is 35.0 Å². The molecule has 1 aliphatic heterocycles. The molecule has 2 rings (SSSR count). The molecule has 1 heterocycles. The zero-order valence-corrected chi connectivity index (χ0v) is 17.5. The highest BCUT2D eigenvalue weighted by Gasteiger charge is 2.28. The van der Waals surface area contributed by atoms with Crippen LogP contribution in [0.1, 0.15) is 19.4 Å². The first-order chi connectivity index (χ1) is 15.1. The molecule has 2 unspecified atom stereocenters. The van der Waals surface area contributed by atoms with Gasteiger partial charge in [-0.25, -0.2) is 0 Å². The van der Waals surface area contributed by atoms with Gasteiger partial charge in [0.15, 0.2) is 0 Å². The van der Waals surface area contributed by atoms with Crippen LogP contribution in [0.2, 0.25) is 0 Å². The number of amidine groups is 1. The average molecular weight is 447 g/mol. The van der Waals surface area contributed by atoms with Crippen LogP contribution in [-0.2, 0) is 19.2 Å². The number of phenols is 1. The first-order valence-electron chi connectivity index (χ1n) is 9.67. The number of carboxylic acid groups (broad SMARTS) is 1. The summed E-state index contributed by atoms with van der Waals surface area (Å²) in [7, 11) is 0. The molecule has 32 heavy (non-hydrogen) atoms. The van der Waals surface area contributed by atoms with Crippen molar-refractivity contribution in [3.63, 3.8) is 0 Å². The van der Waals surface area contributed by atoms with Crippen molar-refractivity contribution < 1.29 is 34.5 Å². The van der Waals surface area contributed by atoms with Gasteiger partial charge in [0.05, 0.1) is 13.2 Å². The minimum absolute atomic E-state index is 0.0267. The maximum atomic E-state index is 12.8. The van der Waals surface area contributed by atoms with Crippen LogP contribution in [0.4, 0.5) is 0 Å². The van der Waals surface area contributed by atoms with Gasteiger partial charge < -0.3 is 36.6 Å². The Bertz CT molecular complexity index is 942. The number of nitrogens with one attached hydrogen (secondary N) is 4. The van der Waals surface area contributed by atoms with Crippen LogP contribution in [0.3, 0.4) is 0 Å². The largest absolute Gasteiger partial charge is 0.508 e. The molecule has 1 aromatic carbocycles. The molecule has 0 aromatic heterocycles. The Morgan fingerprint density at radius 3 is 2.50 bits per heavy atom. The van der Waals surface area contributed by atoms with E-state index in [1.807, 2.05) is 0 Å². The van der Waals surface area contributed by atoms with Crippen molar-refractivity contribution in [3.8, 4) is 5.75 Å². The molecular weight excluding hydrogens is 422 g/mol. The zero-order chi connectivity index (χ0) is 23.8. The van der Waals surface area contributed by atoms with Crippen molar-refractivity contribution >= 4 is 35.6 Å². The van der Waals surface area contributed by atoms with E-state index in [4.69, 9.17) is 5.11 Å². The Morgan fingerprint density at radius 2 is 1.91 bits per heavy atom. The third-order valence-electron chi connectivity index (χ3n) is 4.41. The molecule has 12 heteroatoms. The molecule has 0 spiro atoms. The van der Waals surface area contributed by atoms with Gasteiger partial charge in [-0.15, -0.1) is 0 Å². The van der Waals surface area contributed by atoms with E-state index in [0.29, 0.717) is 5.56 Å². The summed E-state index contributed by atoms with van der Waals surface area (Å²) in [5.41, 5.74) is 0.466. The molecule has 0 saturated carbocycles. The Hall–Kier alpha value is -3.93. The first kappa shape index (κ1) is 24.3. The number of aliphatic imine (C=N–C) groups is 1. The van der Waals surface area contributed by atoms with Gasteiger partial charge in [0.2, 0.25) is 11.8 Å². The lowest BCUT2D eigenvalue weighted by atomic mass is 10.1. The molecule has 1 aliphatic rings. The number of amides is 3. The summed E-state index contributed by atoms with van der Waals surface area (Å²) in [6, 6.07) is 3.18. The van der Waals surface area contributed by atoms with E-state index in [0.717, 1.165) is 0 Å². The fourth-order valence-electron chi connectivity index (χ4n) is 2.61. The molecule has 0 aliphatic carbocycles. The van der Waals surface area contributed by atoms with Crippen LogP contribution in [0, 0.1) is 0 Å². The number of aliphatic hydroxyl groups excluding tert-OH is 1. The first-order valence-corrected chi connectivity index (χ1v) is 9.67. The number of aliphatic hydroxyl groups is 1. The average Bonchev–Trinajstić information content (AvgIpc) is 2.75. The van der Waals surface area contributed by atoms with Gasteiger partial charge >= 0.3 is 5.97 Å². The zero-order valence-electron chi connectivity index (χ0n) is 17.5. The normalized spacial score (nSPS) is 19.3. The van der Waals surface area contributed by atoms with E-state index in [1.165, 1.54) is 25.1 Å². The van der Waals surface area contributed by atoms with Crippen LogP contribution >= 0.6 is 0 Å². The van der Waals surface area contributed by atoms with Crippen molar-refractivity contribution in [2.24, 2.45) is 4.99 Å². The fraction of sp³-hybridized carbons (Fsp3) is 0.350. The minimum atomic E-state index is -1.22. The van der Waals surface area contributed by atoms with E-state index in [-0.39, 0.29) is 23.2 Å². The second kappa shape index (κ2) is 10.9. The maximum Gasteiger partial charge on any atom is 0.325 e. The lowest BCUT2D eigenvalue weighted by molar-refractivity contribution is -0.141. The summed E-state index contributed by atoms with van der Waals surface area (Å²) < 4.78 is 0. The lowest BCUT2D eigenvalue weighted by Gasteiger charge is -2.27. The number of phenolic OH excluding ortho intramolecular Hbond substituents is 1. The number of rotatable bonds is 8. The molecule has 172 valence electrons. The van der Waals surface area contributed by atoms with Gasteiger partial charge in [0.25, 0.3) is 5.91 Å². The van der Waals surface area contributed by atoms with Crippen molar-refractivity contribution in [1.29, 1.82) is 0 Å². The van der Waals surface area contributed by atoms with Gasteiger partial charge in [0, 0.05) is 0 Å². The van der Waals surface area contributed by atoms with E-state index in [2.05, 4.69) is 26.3 Å². The SMILES string of the molecule is CC1N=C(N/C(=C/c2ccc(O)cc2)C(=O)NCC(=O)N[C@@H](C)C(=O)O)C(CO)NC1=O. The van der Waals surface area contributed by atoms with E-state index in [9.17, 15) is 29.4 Å². The summed E-state index contributed by atoms with van der Waals surface area (Å²) in [4.78, 5) is 51.5. The number of carbonyl (C=O) groups excluding carboxylic acids is 3. The lowest BCUT2D eigenvalue weighted by Crippen LogP contribution is -2.56. The Labute approximate surface area is 183 Å². The van der Waals surface area contributed by atoms with E-state index in [1.54, 1.807) is 19.1 Å². The predicted octanol–water partition coefficient (Wildman–Crippen LogP) is -1.69. The van der Waals surface area contributed by atoms with Crippen LogP contribution < -0.4 is 21.3 Å². The summed E-state index contributed by atoms with van der Waals surface area (Å²) in [6.07, 6.45) is 1.42. The molecule has 1 aromatic rings. The Morgan fingerprint density at radius 1 is 1.25 bits per heavy atom. The number of carboxylic acids is 1. The van der Waals surface area contributed by atoms with Crippen molar-refractivity contribution in [1.82, 2.24) is 21.3 Å². The monoisotopic (exact) mass is 447 g/mol. The van der Waals surface area contributed by atoms with Crippen molar-refractivity contribution in [2.75, 3.05) is 13.2 Å². The van der Waals surface area contributed by atoms with Gasteiger partial charge in [0.1, 0.15) is 35.4 Å². The van der Waals surface area contributed by atoms with Gasteiger partial charge in [-0.1, -0.05) is 12.1 Å². The number of aliphatic carboxylic acids is 1. The van der Waals surface area contributed by atoms with Crippen molar-refractivity contribution in [3.05, 3.63) is 35.5 Å². The fourth-order valence-corrected chi connectivity index (χ4v) is 2.61. The third kappa shape index (κ3) is 6.80. The number of hydrogen-bond acceptors (Lipinski definition) is 8. The second-order valence-corrected chi connectivity index (χ2v) is 7.02. The molecule has 0 fully saturated rings. The summed E-state index contributed by atoms with van der Waals surface area (Å²) in [6.45, 7) is 1.87. The molecular formula is C20H25N5O7. The molecule has 7 N–H and O–H groups in total. The molecule has 0 saturated heterocycles. The molecule has 3 amide bonds. The minimum Gasteiger partial charge on any atom is -0.508 e. The molecule has 3 atom stereocenters. The highest BCUT2D eigenvalue weighted by molar-refractivity contribution is 6.06. The standard InChI is InChI=1S/C20H25N5O7/c1-10-18(29)25-15(9-26)17(23-10)24-14(7-12-3-5-13(27)6-4-12)19(30)21-8-16(28)22-11(2)20(31)32/h3-7,10-11,15,26-27H,8-9H2,1-2H3,(H,21,30)(H,22,28)(H,23,24)(H,25,29)(H,31,32)/b14-7+/t10?,11-,15?/m0/s1. The quantitative estimate of drug-likeness (QED) is 0.230. The topological polar surface area (TPSA) is 189 Å². The smallest absolute Gasteiger partial charge is 0.325 e. The number of carbonyl (C=O) groups is 4. The van der Waals surface area contributed by atoms with Gasteiger partial charge in [-0.3, -0.25) is 24.2 Å².